The number of nitrogens with one attached hydrogen (secondary N) is 4. The predicted octanol–water partition coefficient (Wildman–Crippen LogP) is -2.90. The summed E-state index contributed by atoms with van der Waals surface area (Å²) in [7, 11) is 0. The minimum absolute atomic E-state index is 0.0635. The molecular formula is C17H20N8O6. The van der Waals surface area contributed by atoms with Gasteiger partial charge in [0.05, 0.1) is 22.3 Å². The van der Waals surface area contributed by atoms with Gasteiger partial charge in [-0.25, -0.2) is 23.4 Å². The first-order valence-corrected chi connectivity index (χ1v) is 8.43. The second-order valence-corrected chi connectivity index (χ2v) is 6.15. The van der Waals surface area contributed by atoms with Gasteiger partial charge < -0.3 is 10.2 Å². The number of carbonyl (C=O) groups excluding carboxylic acids is 4. The molecule has 14 heteroatoms. The summed E-state index contributed by atoms with van der Waals surface area (Å²) in [6.07, 6.45) is -0.0635. The second kappa shape index (κ2) is 9.51. The Morgan fingerprint density at radius 2 is 0.806 bits per heavy atom. The SMILES string of the molecule is NNC(=O)c1cc(Cc2cc(C(=O)NN)c(O)c(C(=O)NN)c2)cc(C(=O)NN)c1O. The molecule has 2 aromatic carbocycles. The molecule has 0 radical (unpaired) electrons. The molecule has 0 aromatic heterocycles. The Bertz CT molecular complexity index is 913. The Labute approximate surface area is 174 Å². The van der Waals surface area contributed by atoms with Crippen molar-refractivity contribution in [1.82, 2.24) is 21.7 Å². The molecule has 0 aliphatic carbocycles. The van der Waals surface area contributed by atoms with Crippen molar-refractivity contribution in [3.63, 3.8) is 0 Å². The Morgan fingerprint density at radius 1 is 0.581 bits per heavy atom. The minimum Gasteiger partial charge on any atom is -0.506 e. The van der Waals surface area contributed by atoms with E-state index in [1.54, 1.807) is 0 Å². The molecule has 0 unspecified atom stereocenters. The average Bonchev–Trinajstić information content (AvgIpc) is 2.78. The number of hydrogen-bond acceptors (Lipinski definition) is 10. The lowest BCUT2D eigenvalue weighted by Gasteiger charge is -2.14. The fourth-order valence-corrected chi connectivity index (χ4v) is 2.83. The Hall–Kier alpha value is -4.24. The van der Waals surface area contributed by atoms with Gasteiger partial charge in [-0.05, 0) is 41.8 Å². The van der Waals surface area contributed by atoms with Crippen molar-refractivity contribution in [3.05, 3.63) is 57.6 Å². The van der Waals surface area contributed by atoms with Crippen LogP contribution in [0.1, 0.15) is 52.6 Å². The standard InChI is InChI=1S/C17H20N8O6/c18-22-14(28)8-2-6(3-9(12(8)26)15(29)23-19)1-7-4-10(16(30)24-20)13(27)11(5-7)17(31)25-21/h2-5,26-27H,1,18-21H2,(H,22,28)(H,23,29)(H,24,30)(H,25,31). The topological polar surface area (TPSA) is 261 Å². The number of benzene rings is 2. The number of aromatic hydroxyl groups is 2. The van der Waals surface area contributed by atoms with Crippen LogP contribution in [0.5, 0.6) is 11.5 Å². The van der Waals surface area contributed by atoms with Crippen molar-refractivity contribution in [2.45, 2.75) is 6.42 Å². The van der Waals surface area contributed by atoms with Crippen molar-refractivity contribution in [2.24, 2.45) is 23.4 Å². The van der Waals surface area contributed by atoms with E-state index in [0.29, 0.717) is 11.1 Å². The smallest absolute Gasteiger partial charge is 0.268 e. The summed E-state index contributed by atoms with van der Waals surface area (Å²) < 4.78 is 0. The van der Waals surface area contributed by atoms with E-state index in [1.165, 1.54) is 24.3 Å². The number of phenols is 2. The Kier molecular flexibility index (Phi) is 7.07. The molecule has 0 fully saturated rings. The molecule has 14 N–H and O–H groups in total. The van der Waals surface area contributed by atoms with Crippen LogP contribution in [0.4, 0.5) is 0 Å². The van der Waals surface area contributed by atoms with Crippen LogP contribution in [-0.4, -0.2) is 33.8 Å². The Morgan fingerprint density at radius 3 is 1.00 bits per heavy atom. The van der Waals surface area contributed by atoms with E-state index in [2.05, 4.69) is 0 Å². The van der Waals surface area contributed by atoms with Crippen molar-refractivity contribution in [1.29, 1.82) is 0 Å². The molecule has 0 aliphatic heterocycles. The van der Waals surface area contributed by atoms with Gasteiger partial charge in [-0.1, -0.05) is 0 Å². The van der Waals surface area contributed by atoms with Crippen LogP contribution in [0, 0.1) is 0 Å². The number of carbonyl (C=O) groups is 4. The molecule has 164 valence electrons. The van der Waals surface area contributed by atoms with Crippen LogP contribution in [0.2, 0.25) is 0 Å². The highest BCUT2D eigenvalue weighted by molar-refractivity contribution is 6.05. The molecule has 2 rings (SSSR count). The molecule has 4 amide bonds. The summed E-state index contributed by atoms with van der Waals surface area (Å²) in [6.45, 7) is 0. The molecular weight excluding hydrogens is 412 g/mol. The average molecular weight is 432 g/mol. The molecule has 0 saturated heterocycles. The highest BCUT2D eigenvalue weighted by atomic mass is 16.3. The van der Waals surface area contributed by atoms with Crippen molar-refractivity contribution in [2.75, 3.05) is 0 Å². The van der Waals surface area contributed by atoms with Crippen LogP contribution in [0.3, 0.4) is 0 Å². The molecule has 31 heavy (non-hydrogen) atoms. The van der Waals surface area contributed by atoms with Crippen LogP contribution < -0.4 is 45.1 Å². The quantitative estimate of drug-likeness (QED) is 0.126. The van der Waals surface area contributed by atoms with Crippen LogP contribution in [0.15, 0.2) is 24.3 Å². The molecule has 0 bridgehead atoms. The third kappa shape index (κ3) is 4.68. The van der Waals surface area contributed by atoms with Crippen LogP contribution in [-0.2, 0) is 6.42 Å². The van der Waals surface area contributed by atoms with Gasteiger partial charge in [0.25, 0.3) is 23.6 Å². The number of amides is 4. The summed E-state index contributed by atoms with van der Waals surface area (Å²) in [5, 5.41) is 20.4. The number of hydrazine groups is 4. The van der Waals surface area contributed by atoms with Gasteiger partial charge in [-0.2, -0.15) is 0 Å². The first-order chi connectivity index (χ1) is 14.7. The van der Waals surface area contributed by atoms with Gasteiger partial charge >= 0.3 is 0 Å². The summed E-state index contributed by atoms with van der Waals surface area (Å²) in [5.74, 6) is 15.6. The molecule has 0 saturated carbocycles. The fourth-order valence-electron chi connectivity index (χ4n) is 2.83. The van der Waals surface area contributed by atoms with Crippen LogP contribution >= 0.6 is 0 Å². The maximum atomic E-state index is 12.0. The number of nitrogens with two attached hydrogens (primary N) is 4. The van der Waals surface area contributed by atoms with E-state index in [0.717, 1.165) is 0 Å². The normalized spacial score (nSPS) is 10.2. The number of rotatable bonds is 6. The zero-order valence-corrected chi connectivity index (χ0v) is 15.9. The van der Waals surface area contributed by atoms with E-state index >= 15 is 0 Å². The van der Waals surface area contributed by atoms with E-state index < -0.39 is 35.1 Å². The summed E-state index contributed by atoms with van der Waals surface area (Å²) in [6, 6.07) is 4.96. The lowest BCUT2D eigenvalue weighted by Crippen LogP contribution is -2.33. The fraction of sp³-hybridized carbons (Fsp3) is 0.0588. The number of nitrogen functional groups attached to an aromatic ring is 4. The summed E-state index contributed by atoms with van der Waals surface area (Å²) in [5.41, 5.74) is 6.65. The van der Waals surface area contributed by atoms with Gasteiger partial charge in [-0.3, -0.25) is 40.9 Å². The maximum absolute atomic E-state index is 12.0. The van der Waals surface area contributed by atoms with E-state index in [1.807, 2.05) is 21.7 Å². The lowest BCUT2D eigenvalue weighted by molar-refractivity contribution is 0.0932. The lowest BCUT2D eigenvalue weighted by atomic mass is 9.95. The molecule has 2 aromatic rings. The third-order valence-corrected chi connectivity index (χ3v) is 4.25. The van der Waals surface area contributed by atoms with Crippen molar-refractivity contribution in [3.8, 4) is 11.5 Å². The third-order valence-electron chi connectivity index (χ3n) is 4.25. The number of hydrogen-bond donors (Lipinski definition) is 10. The zero-order valence-electron chi connectivity index (χ0n) is 15.9. The van der Waals surface area contributed by atoms with Gasteiger partial charge in [0.1, 0.15) is 11.5 Å². The van der Waals surface area contributed by atoms with E-state index in [4.69, 9.17) is 23.4 Å². The largest absolute Gasteiger partial charge is 0.506 e. The Balaban J connectivity index is 2.66. The monoisotopic (exact) mass is 432 g/mol. The van der Waals surface area contributed by atoms with Crippen LogP contribution in [0.25, 0.3) is 0 Å². The highest BCUT2D eigenvalue weighted by Gasteiger charge is 2.22. The molecule has 14 nitrogen and oxygen atoms in total. The summed E-state index contributed by atoms with van der Waals surface area (Å²) >= 11 is 0. The second-order valence-electron chi connectivity index (χ2n) is 6.15. The zero-order chi connectivity index (χ0) is 23.3. The van der Waals surface area contributed by atoms with Gasteiger partial charge in [0.15, 0.2) is 0 Å². The predicted molar refractivity (Wildman–Crippen MR) is 106 cm³/mol. The van der Waals surface area contributed by atoms with Gasteiger partial charge in [0, 0.05) is 0 Å². The molecule has 0 atom stereocenters. The van der Waals surface area contributed by atoms with Crippen molar-refractivity contribution < 1.29 is 29.4 Å². The summed E-state index contributed by atoms with van der Waals surface area (Å²) in [4.78, 5) is 47.9. The molecule has 0 aliphatic rings. The number of phenolic OH excluding ortho intramolecular Hbond substituents is 2. The van der Waals surface area contributed by atoms with Gasteiger partial charge in [-0.15, -0.1) is 0 Å². The highest BCUT2D eigenvalue weighted by Crippen LogP contribution is 2.29. The van der Waals surface area contributed by atoms with Crippen molar-refractivity contribution >= 4 is 23.6 Å². The molecule has 0 heterocycles. The minimum atomic E-state index is -0.887. The first-order valence-electron chi connectivity index (χ1n) is 8.43. The van der Waals surface area contributed by atoms with E-state index in [9.17, 15) is 29.4 Å². The van der Waals surface area contributed by atoms with Gasteiger partial charge in [0.2, 0.25) is 0 Å². The first kappa shape index (κ1) is 23.0. The molecule has 0 spiro atoms. The maximum Gasteiger partial charge on any atom is 0.268 e. The van der Waals surface area contributed by atoms with E-state index in [-0.39, 0.29) is 28.7 Å².